The summed E-state index contributed by atoms with van der Waals surface area (Å²) in [7, 11) is 4.86. The minimum absolute atomic E-state index is 0.00572. The Balaban J connectivity index is 2.05. The highest BCUT2D eigenvalue weighted by molar-refractivity contribution is 6.31. The SMILES string of the molecule is C#CCOCC(COC/C(C=NCCCCC(=O)NC)=N/N)(COCc1cn(CCCCC(=O)NC)nn1)COCc1cn(CCCCC(=O)NC)nn1. The minimum Gasteiger partial charge on any atom is -0.374 e. The first kappa shape index (κ1) is 45.4. The molecule has 3 amide bonds. The molecule has 19 nitrogen and oxygen atoms in total. The highest BCUT2D eigenvalue weighted by Gasteiger charge is 2.33. The lowest BCUT2D eigenvalue weighted by Gasteiger charge is -2.32. The molecule has 2 aromatic rings. The van der Waals surface area contributed by atoms with E-state index in [1.807, 2.05) is 12.4 Å². The fourth-order valence-electron chi connectivity index (χ4n) is 4.98. The molecule has 0 spiro atoms. The number of hydrazone groups is 1. The number of amides is 3. The quantitative estimate of drug-likeness (QED) is 0.0269. The summed E-state index contributed by atoms with van der Waals surface area (Å²) < 4.78 is 27.7. The average Bonchev–Trinajstić information content (AvgIpc) is 3.84. The van der Waals surface area contributed by atoms with Crippen LogP contribution in [0.4, 0.5) is 0 Å². The van der Waals surface area contributed by atoms with Gasteiger partial charge in [0, 0.05) is 66.3 Å². The van der Waals surface area contributed by atoms with Crippen LogP contribution < -0.4 is 21.8 Å². The van der Waals surface area contributed by atoms with Crippen LogP contribution in [0.3, 0.4) is 0 Å². The molecule has 0 aromatic carbocycles. The molecule has 0 saturated heterocycles. The number of ether oxygens (including phenoxy) is 4. The van der Waals surface area contributed by atoms with E-state index in [1.54, 1.807) is 36.7 Å². The lowest BCUT2D eigenvalue weighted by Crippen LogP contribution is -2.42. The third-order valence-electron chi connectivity index (χ3n) is 8.01. The molecule has 0 bridgehead atoms. The zero-order chi connectivity index (χ0) is 39.3. The van der Waals surface area contributed by atoms with Crippen molar-refractivity contribution in [2.75, 3.05) is 67.3 Å². The van der Waals surface area contributed by atoms with E-state index in [0.29, 0.717) is 62.4 Å². The normalized spacial score (nSPS) is 11.9. The van der Waals surface area contributed by atoms with E-state index < -0.39 is 5.41 Å². The molecule has 0 aliphatic heterocycles. The molecule has 0 unspecified atom stereocenters. The summed E-state index contributed by atoms with van der Waals surface area (Å²) in [6.07, 6.45) is 16.5. The van der Waals surface area contributed by atoms with Crippen molar-refractivity contribution in [2.24, 2.45) is 21.4 Å². The summed E-state index contributed by atoms with van der Waals surface area (Å²) >= 11 is 0. The van der Waals surface area contributed by atoms with Crippen LogP contribution >= 0.6 is 0 Å². The first-order chi connectivity index (χ1) is 26.3. The van der Waals surface area contributed by atoms with Crippen LogP contribution in [0, 0.1) is 17.8 Å². The van der Waals surface area contributed by atoms with E-state index >= 15 is 0 Å². The molecule has 19 heteroatoms. The van der Waals surface area contributed by atoms with Gasteiger partial charge in [-0.15, -0.1) is 16.6 Å². The largest absolute Gasteiger partial charge is 0.374 e. The molecule has 0 aliphatic carbocycles. The van der Waals surface area contributed by atoms with E-state index in [9.17, 15) is 14.4 Å². The van der Waals surface area contributed by atoms with E-state index in [2.05, 4.69) is 52.6 Å². The van der Waals surface area contributed by atoms with Crippen molar-refractivity contribution in [3.63, 3.8) is 0 Å². The molecular weight excluding hydrogens is 700 g/mol. The molecule has 2 rings (SSSR count). The van der Waals surface area contributed by atoms with Gasteiger partial charge in [-0.3, -0.25) is 28.7 Å². The second-order valence-electron chi connectivity index (χ2n) is 12.7. The van der Waals surface area contributed by atoms with Crippen molar-refractivity contribution in [3.05, 3.63) is 23.8 Å². The van der Waals surface area contributed by atoms with E-state index in [-0.39, 0.29) is 70.6 Å². The second kappa shape index (κ2) is 27.8. The van der Waals surface area contributed by atoms with E-state index in [1.165, 1.54) is 0 Å². The molecule has 0 atom stereocenters. The zero-order valence-electron chi connectivity index (χ0n) is 32.0. The number of carbonyl (C=O) groups excluding carboxylic acids is 3. The highest BCUT2D eigenvalue weighted by Crippen LogP contribution is 2.22. The smallest absolute Gasteiger partial charge is 0.219 e. The van der Waals surface area contributed by atoms with Crippen molar-refractivity contribution in [2.45, 2.75) is 84.1 Å². The molecule has 0 radical (unpaired) electrons. The Bertz CT molecular complexity index is 1400. The highest BCUT2D eigenvalue weighted by atomic mass is 16.5. The number of nitrogens with zero attached hydrogens (tertiary/aromatic N) is 8. The second-order valence-corrected chi connectivity index (χ2v) is 12.7. The zero-order valence-corrected chi connectivity index (χ0v) is 32.0. The van der Waals surface area contributed by atoms with Crippen LogP contribution in [0.1, 0.15) is 69.2 Å². The monoisotopic (exact) mass is 758 g/mol. The number of aliphatic imine (C=N–C) groups is 1. The van der Waals surface area contributed by atoms with Gasteiger partial charge in [-0.2, -0.15) is 5.10 Å². The Morgan fingerprint density at radius 3 is 1.74 bits per heavy atom. The maximum absolute atomic E-state index is 11.5. The fourth-order valence-corrected chi connectivity index (χ4v) is 4.98. The number of hydrogen-bond acceptors (Lipinski definition) is 14. The molecule has 5 N–H and O–H groups in total. The number of aromatic nitrogens is 6. The minimum atomic E-state index is -0.820. The standard InChI is InChI=1S/C35H58N12O7/c1-5-18-51-25-35(26-52-22-29(41-36)19-40-15-9-6-12-32(48)37-2,27-53-23-30-20-46(44-42-30)16-10-7-13-33(49)38-3)28-54-24-31-21-47(45-43-31)17-11-8-14-34(50)39-4/h1,19-21H,6-18,22-28,36H2,2-4H3,(H,37,48)(H,38,49)(H,39,50)/b40-19?,41-29+. The van der Waals surface area contributed by atoms with Gasteiger partial charge in [-0.1, -0.05) is 16.3 Å². The van der Waals surface area contributed by atoms with Crippen LogP contribution in [0.25, 0.3) is 0 Å². The van der Waals surface area contributed by atoms with Gasteiger partial charge in [-0.05, 0) is 38.5 Å². The Morgan fingerprint density at radius 1 is 0.778 bits per heavy atom. The third-order valence-corrected chi connectivity index (χ3v) is 8.01. The molecule has 2 aromatic heterocycles. The van der Waals surface area contributed by atoms with Crippen molar-refractivity contribution in [3.8, 4) is 12.3 Å². The van der Waals surface area contributed by atoms with Crippen molar-refractivity contribution in [1.29, 1.82) is 0 Å². The van der Waals surface area contributed by atoms with E-state index in [0.717, 1.165) is 32.1 Å². The summed E-state index contributed by atoms with van der Waals surface area (Å²) in [6, 6.07) is 0. The Kier molecular flexibility index (Phi) is 23.4. The van der Waals surface area contributed by atoms with Crippen molar-refractivity contribution < 1.29 is 33.3 Å². The third kappa shape index (κ3) is 19.9. The van der Waals surface area contributed by atoms with Crippen LogP contribution in [0.5, 0.6) is 0 Å². The summed E-state index contributed by atoms with van der Waals surface area (Å²) in [5.41, 5.74) is 0.884. The number of nitrogens with two attached hydrogens (primary N) is 1. The van der Waals surface area contributed by atoms with Crippen LogP contribution in [-0.4, -0.2) is 127 Å². The number of terminal acetylenes is 1. The maximum Gasteiger partial charge on any atom is 0.219 e. The van der Waals surface area contributed by atoms with Crippen molar-refractivity contribution >= 4 is 29.6 Å². The lowest BCUT2D eigenvalue weighted by atomic mass is 9.92. The average molecular weight is 759 g/mol. The summed E-state index contributed by atoms with van der Waals surface area (Å²) in [5, 5.41) is 28.5. The van der Waals surface area contributed by atoms with Gasteiger partial charge in [0.15, 0.2) is 0 Å². The number of nitrogens with one attached hydrogen (secondary N) is 3. The number of rotatable bonds is 31. The number of hydrogen-bond donors (Lipinski definition) is 4. The number of carbonyl (C=O) groups is 3. The number of aryl methyl sites for hydroxylation is 2. The van der Waals surface area contributed by atoms with Gasteiger partial charge in [0.25, 0.3) is 0 Å². The predicted molar refractivity (Wildman–Crippen MR) is 201 cm³/mol. The molecule has 0 saturated carbocycles. The van der Waals surface area contributed by atoms with Gasteiger partial charge in [0.2, 0.25) is 17.7 Å². The molecule has 300 valence electrons. The summed E-state index contributed by atoms with van der Waals surface area (Å²) in [6.45, 7) is 2.85. The van der Waals surface area contributed by atoms with E-state index in [4.69, 9.17) is 31.2 Å². The lowest BCUT2D eigenvalue weighted by molar-refractivity contribution is -0.121. The predicted octanol–water partition coefficient (Wildman–Crippen LogP) is 0.390. The van der Waals surface area contributed by atoms with Crippen LogP contribution in [0.2, 0.25) is 0 Å². The van der Waals surface area contributed by atoms with Gasteiger partial charge >= 0.3 is 0 Å². The molecule has 2 heterocycles. The molecular formula is C35H58N12O7. The van der Waals surface area contributed by atoms with Crippen LogP contribution in [-0.2, 0) is 59.6 Å². The Labute approximate surface area is 317 Å². The maximum atomic E-state index is 11.5. The Morgan fingerprint density at radius 2 is 1.26 bits per heavy atom. The summed E-state index contributed by atoms with van der Waals surface area (Å²) in [4.78, 5) is 38.8. The summed E-state index contributed by atoms with van der Waals surface area (Å²) in [5.74, 6) is 8.13. The first-order valence-corrected chi connectivity index (χ1v) is 18.2. The number of unbranched alkanes of at least 4 members (excludes halogenated alkanes) is 3. The van der Waals surface area contributed by atoms with Gasteiger partial charge in [0.05, 0.1) is 64.1 Å². The first-order valence-electron chi connectivity index (χ1n) is 18.2. The fraction of sp³-hybridized carbons (Fsp3) is 0.686. The topological polar surface area (TPSA) is 236 Å². The molecule has 54 heavy (non-hydrogen) atoms. The van der Waals surface area contributed by atoms with Gasteiger partial charge in [0.1, 0.15) is 23.7 Å². The van der Waals surface area contributed by atoms with Crippen molar-refractivity contribution in [1.82, 2.24) is 45.9 Å². The molecule has 0 fully saturated rings. The van der Waals surface area contributed by atoms with Gasteiger partial charge < -0.3 is 40.7 Å². The van der Waals surface area contributed by atoms with Gasteiger partial charge in [-0.25, -0.2) is 0 Å². The molecule has 0 aliphatic rings. The Hall–Kier alpha value is -4.77. The van der Waals surface area contributed by atoms with Crippen LogP contribution in [0.15, 0.2) is 22.5 Å².